The fraction of sp³-hybridized carbons (Fsp3) is 0.500. The van der Waals surface area contributed by atoms with Crippen molar-refractivity contribution in [2.75, 3.05) is 18.8 Å². The molecule has 2 N–H and O–H groups in total. The number of rotatable bonds is 1. The zero-order chi connectivity index (χ0) is 11.5. The number of aromatic nitrogens is 1. The Morgan fingerprint density at radius 3 is 3.06 bits per heavy atom. The Morgan fingerprint density at radius 1 is 1.56 bits per heavy atom. The molecule has 4 nitrogen and oxygen atoms in total. The number of hydrogen-bond donors (Lipinski definition) is 1. The number of carbonyl (C=O) groups is 1. The lowest BCUT2D eigenvalue weighted by molar-refractivity contribution is 0.0682. The van der Waals surface area contributed by atoms with Gasteiger partial charge in [0.2, 0.25) is 0 Å². The zero-order valence-corrected chi connectivity index (χ0v) is 9.52. The van der Waals surface area contributed by atoms with Crippen LogP contribution in [0.2, 0.25) is 0 Å². The molecule has 1 atom stereocenters. The second-order valence-electron chi connectivity index (χ2n) is 4.51. The maximum absolute atomic E-state index is 12.1. The van der Waals surface area contributed by atoms with E-state index in [4.69, 9.17) is 5.73 Å². The van der Waals surface area contributed by atoms with Crippen molar-refractivity contribution in [1.82, 2.24) is 9.88 Å². The fourth-order valence-electron chi connectivity index (χ4n) is 2.13. The van der Waals surface area contributed by atoms with E-state index in [2.05, 4.69) is 11.9 Å². The van der Waals surface area contributed by atoms with Crippen molar-refractivity contribution < 1.29 is 4.79 Å². The molecule has 1 aliphatic heterocycles. The number of carbonyl (C=O) groups excluding carboxylic acids is 1. The molecule has 4 heteroatoms. The third-order valence-corrected chi connectivity index (χ3v) is 2.95. The molecule has 0 aromatic carbocycles. The Morgan fingerprint density at radius 2 is 2.38 bits per heavy atom. The Hall–Kier alpha value is -1.58. The number of nitrogens with zero attached hydrogens (tertiary/aromatic N) is 2. The summed E-state index contributed by atoms with van der Waals surface area (Å²) < 4.78 is 0. The molecule has 1 aromatic heterocycles. The van der Waals surface area contributed by atoms with Crippen LogP contribution in [0.5, 0.6) is 0 Å². The Kier molecular flexibility index (Phi) is 3.08. The summed E-state index contributed by atoms with van der Waals surface area (Å²) in [6.07, 6.45) is 5.43. The number of hydrogen-bond acceptors (Lipinski definition) is 3. The van der Waals surface area contributed by atoms with Crippen LogP contribution >= 0.6 is 0 Å². The normalized spacial score (nSPS) is 20.8. The van der Waals surface area contributed by atoms with Gasteiger partial charge in [-0.15, -0.1) is 0 Å². The van der Waals surface area contributed by atoms with Gasteiger partial charge in [0.05, 0.1) is 11.3 Å². The predicted molar refractivity (Wildman–Crippen MR) is 63.0 cm³/mol. The van der Waals surface area contributed by atoms with Gasteiger partial charge < -0.3 is 10.6 Å². The van der Waals surface area contributed by atoms with Crippen LogP contribution in [-0.2, 0) is 0 Å². The number of pyridine rings is 1. The van der Waals surface area contributed by atoms with Gasteiger partial charge in [0.1, 0.15) is 0 Å². The highest BCUT2D eigenvalue weighted by Crippen LogP contribution is 2.18. The van der Waals surface area contributed by atoms with Crippen LogP contribution in [0.3, 0.4) is 0 Å². The van der Waals surface area contributed by atoms with Crippen LogP contribution in [0.15, 0.2) is 18.5 Å². The topological polar surface area (TPSA) is 59.2 Å². The van der Waals surface area contributed by atoms with Crippen molar-refractivity contribution >= 4 is 11.6 Å². The Balaban J connectivity index is 2.12. The minimum atomic E-state index is 0.0475. The Labute approximate surface area is 95.5 Å². The maximum Gasteiger partial charge on any atom is 0.255 e. The molecule has 1 fully saturated rings. The van der Waals surface area contributed by atoms with E-state index in [9.17, 15) is 4.79 Å². The number of piperidine rings is 1. The van der Waals surface area contributed by atoms with Gasteiger partial charge in [0.25, 0.3) is 5.91 Å². The summed E-state index contributed by atoms with van der Waals surface area (Å²) in [4.78, 5) is 18.0. The lowest BCUT2D eigenvalue weighted by Gasteiger charge is -2.30. The molecule has 0 spiro atoms. The van der Waals surface area contributed by atoms with E-state index in [1.54, 1.807) is 18.5 Å². The molecule has 2 heterocycles. The zero-order valence-electron chi connectivity index (χ0n) is 9.52. The molecule has 2 rings (SSSR count). The lowest BCUT2D eigenvalue weighted by atomic mass is 10.00. The summed E-state index contributed by atoms with van der Waals surface area (Å²) >= 11 is 0. The van der Waals surface area contributed by atoms with Crippen LogP contribution in [0.4, 0.5) is 5.69 Å². The summed E-state index contributed by atoms with van der Waals surface area (Å²) in [5.41, 5.74) is 6.75. The molecular formula is C12H17N3O. The first kappa shape index (κ1) is 10.9. The van der Waals surface area contributed by atoms with E-state index < -0.39 is 0 Å². The first-order valence-corrected chi connectivity index (χ1v) is 5.66. The standard InChI is InChI=1S/C12H17N3O/c1-9-3-2-4-15(8-9)12(16)10-5-11(13)7-14-6-10/h5-7,9H,2-4,8,13H2,1H3/t9-/m0/s1. The molecule has 1 amide bonds. The van der Waals surface area contributed by atoms with Gasteiger partial charge in [-0.2, -0.15) is 0 Å². The monoisotopic (exact) mass is 219 g/mol. The third-order valence-electron chi connectivity index (χ3n) is 2.95. The van der Waals surface area contributed by atoms with Gasteiger partial charge in [0, 0.05) is 25.5 Å². The highest BCUT2D eigenvalue weighted by Gasteiger charge is 2.22. The SMILES string of the molecule is C[C@H]1CCCN(C(=O)c2cncc(N)c2)C1. The van der Waals surface area contributed by atoms with Crippen LogP contribution in [0, 0.1) is 5.92 Å². The number of anilines is 1. The van der Waals surface area contributed by atoms with Crippen LogP contribution in [-0.4, -0.2) is 28.9 Å². The van der Waals surface area contributed by atoms with E-state index in [1.807, 2.05) is 4.90 Å². The first-order chi connectivity index (χ1) is 7.66. The van der Waals surface area contributed by atoms with E-state index in [0.717, 1.165) is 19.5 Å². The average molecular weight is 219 g/mol. The van der Waals surface area contributed by atoms with Crippen LogP contribution in [0.25, 0.3) is 0 Å². The minimum absolute atomic E-state index is 0.0475. The molecule has 0 aliphatic carbocycles. The van der Waals surface area contributed by atoms with Crippen molar-refractivity contribution in [1.29, 1.82) is 0 Å². The second kappa shape index (κ2) is 4.51. The van der Waals surface area contributed by atoms with E-state index in [0.29, 0.717) is 17.2 Å². The van der Waals surface area contributed by atoms with Gasteiger partial charge in [-0.25, -0.2) is 0 Å². The van der Waals surface area contributed by atoms with Gasteiger partial charge in [0.15, 0.2) is 0 Å². The van der Waals surface area contributed by atoms with Crippen LogP contribution < -0.4 is 5.73 Å². The van der Waals surface area contributed by atoms with E-state index >= 15 is 0 Å². The number of likely N-dealkylation sites (tertiary alicyclic amines) is 1. The quantitative estimate of drug-likeness (QED) is 0.779. The van der Waals surface area contributed by atoms with Gasteiger partial charge >= 0.3 is 0 Å². The summed E-state index contributed by atoms with van der Waals surface area (Å²) in [6, 6.07) is 1.69. The molecule has 0 unspecified atom stereocenters. The highest BCUT2D eigenvalue weighted by atomic mass is 16.2. The summed E-state index contributed by atoms with van der Waals surface area (Å²) in [5.74, 6) is 0.637. The lowest BCUT2D eigenvalue weighted by Crippen LogP contribution is -2.39. The number of nitrogens with two attached hydrogens (primary N) is 1. The van der Waals surface area contributed by atoms with Gasteiger partial charge in [-0.3, -0.25) is 9.78 Å². The van der Waals surface area contributed by atoms with Crippen molar-refractivity contribution in [3.05, 3.63) is 24.0 Å². The molecule has 16 heavy (non-hydrogen) atoms. The molecule has 1 aliphatic rings. The van der Waals surface area contributed by atoms with Gasteiger partial charge in [-0.1, -0.05) is 6.92 Å². The molecule has 1 aromatic rings. The highest BCUT2D eigenvalue weighted by molar-refractivity contribution is 5.94. The fourth-order valence-corrected chi connectivity index (χ4v) is 2.13. The van der Waals surface area contributed by atoms with E-state index in [1.165, 1.54) is 6.42 Å². The first-order valence-electron chi connectivity index (χ1n) is 5.66. The molecule has 0 bridgehead atoms. The molecule has 1 saturated heterocycles. The maximum atomic E-state index is 12.1. The average Bonchev–Trinajstić information content (AvgIpc) is 2.28. The van der Waals surface area contributed by atoms with Crippen LogP contribution in [0.1, 0.15) is 30.1 Å². The molecular weight excluding hydrogens is 202 g/mol. The van der Waals surface area contributed by atoms with Gasteiger partial charge in [-0.05, 0) is 24.8 Å². The molecule has 86 valence electrons. The largest absolute Gasteiger partial charge is 0.397 e. The minimum Gasteiger partial charge on any atom is -0.397 e. The van der Waals surface area contributed by atoms with Crippen molar-refractivity contribution in [2.24, 2.45) is 5.92 Å². The smallest absolute Gasteiger partial charge is 0.255 e. The molecule has 0 radical (unpaired) electrons. The van der Waals surface area contributed by atoms with E-state index in [-0.39, 0.29) is 5.91 Å². The number of nitrogen functional groups attached to an aromatic ring is 1. The summed E-state index contributed by atoms with van der Waals surface area (Å²) in [5, 5.41) is 0. The number of amides is 1. The van der Waals surface area contributed by atoms with Crippen molar-refractivity contribution in [2.45, 2.75) is 19.8 Å². The Bertz CT molecular complexity index is 392. The molecule has 0 saturated carbocycles. The summed E-state index contributed by atoms with van der Waals surface area (Å²) in [6.45, 7) is 3.86. The van der Waals surface area contributed by atoms with Crippen molar-refractivity contribution in [3.8, 4) is 0 Å². The third kappa shape index (κ3) is 2.32. The van der Waals surface area contributed by atoms with Crippen molar-refractivity contribution in [3.63, 3.8) is 0 Å². The second-order valence-corrected chi connectivity index (χ2v) is 4.51. The summed E-state index contributed by atoms with van der Waals surface area (Å²) in [7, 11) is 0. The predicted octanol–water partition coefficient (Wildman–Crippen LogP) is 1.54.